The van der Waals surface area contributed by atoms with Crippen molar-refractivity contribution in [2.75, 3.05) is 11.9 Å². The zero-order chi connectivity index (χ0) is 21.4. The predicted molar refractivity (Wildman–Crippen MR) is 115 cm³/mol. The Hall–Kier alpha value is -3.37. The van der Waals surface area contributed by atoms with Gasteiger partial charge < -0.3 is 10.1 Å². The molecule has 4 aromatic rings. The van der Waals surface area contributed by atoms with Crippen molar-refractivity contribution in [2.45, 2.75) is 12.6 Å². The molecule has 0 aliphatic carbocycles. The maximum Gasteiger partial charge on any atom is 0.272 e. The molecule has 2 N–H and O–H groups in total. The molecule has 1 aliphatic rings. The Labute approximate surface area is 184 Å². The third-order valence-corrected chi connectivity index (χ3v) is 5.78. The van der Waals surface area contributed by atoms with E-state index in [1.165, 1.54) is 18.3 Å². The lowest BCUT2D eigenvalue weighted by molar-refractivity contribution is 0.0670. The highest BCUT2D eigenvalue weighted by Gasteiger charge is 2.27. The van der Waals surface area contributed by atoms with Gasteiger partial charge in [-0.05, 0) is 57.4 Å². The van der Waals surface area contributed by atoms with Gasteiger partial charge in [0.1, 0.15) is 12.4 Å². The fourth-order valence-electron chi connectivity index (χ4n) is 3.58. The number of rotatable bonds is 4. The van der Waals surface area contributed by atoms with Crippen LogP contribution in [0.25, 0.3) is 11.1 Å². The first-order chi connectivity index (χ1) is 15.1. The van der Waals surface area contributed by atoms with Gasteiger partial charge in [0.2, 0.25) is 5.95 Å². The van der Waals surface area contributed by atoms with Gasteiger partial charge in [-0.25, -0.2) is 9.49 Å². The average molecular weight is 483 g/mol. The molecule has 1 atom stereocenters. The smallest absolute Gasteiger partial charge is 0.272 e. The molecule has 0 fully saturated rings. The molecule has 0 bridgehead atoms. The van der Waals surface area contributed by atoms with Crippen molar-refractivity contribution in [3.63, 3.8) is 0 Å². The fourth-order valence-corrected chi connectivity index (χ4v) is 3.93. The van der Waals surface area contributed by atoms with Gasteiger partial charge in [-0.1, -0.05) is 18.2 Å². The zero-order valence-electron chi connectivity index (χ0n) is 16.0. The standard InChI is InChI=1S/C21H16BrFN6O2/c22-16-6-3-13(15-7-8-24-27-20(15)30)9-17(16)25-21-28-26-19-11-31-10-18(29(19)21)12-1-4-14(23)5-2-12/h1-9,18H,10-11H2,(H,25,28)(H,27,30)/t18-/m0/s1. The molecule has 0 spiro atoms. The molecular formula is C21H16BrFN6O2. The van der Waals surface area contributed by atoms with Crippen molar-refractivity contribution in [1.82, 2.24) is 25.0 Å². The number of H-pyrrole nitrogens is 1. The van der Waals surface area contributed by atoms with Crippen molar-refractivity contribution < 1.29 is 9.13 Å². The van der Waals surface area contributed by atoms with Crippen molar-refractivity contribution in [1.29, 1.82) is 0 Å². The lowest BCUT2D eigenvalue weighted by atomic mass is 10.1. The largest absolute Gasteiger partial charge is 0.371 e. The molecular weight excluding hydrogens is 467 g/mol. The van der Waals surface area contributed by atoms with Crippen LogP contribution in [0, 0.1) is 5.82 Å². The number of hydrogen-bond acceptors (Lipinski definition) is 6. The summed E-state index contributed by atoms with van der Waals surface area (Å²) >= 11 is 3.55. The van der Waals surface area contributed by atoms with E-state index in [1.54, 1.807) is 18.2 Å². The molecule has 8 nitrogen and oxygen atoms in total. The van der Waals surface area contributed by atoms with Crippen molar-refractivity contribution in [3.05, 3.63) is 86.8 Å². The van der Waals surface area contributed by atoms with E-state index in [0.717, 1.165) is 15.6 Å². The van der Waals surface area contributed by atoms with Crippen LogP contribution in [0.1, 0.15) is 17.4 Å². The van der Waals surface area contributed by atoms with E-state index < -0.39 is 0 Å². The fraction of sp³-hybridized carbons (Fsp3) is 0.143. The number of fused-ring (bicyclic) bond motifs is 1. The number of aromatic amines is 1. The number of halogens is 2. The van der Waals surface area contributed by atoms with Gasteiger partial charge in [-0.15, -0.1) is 10.2 Å². The van der Waals surface area contributed by atoms with Crippen molar-refractivity contribution in [3.8, 4) is 11.1 Å². The summed E-state index contributed by atoms with van der Waals surface area (Å²) in [5.74, 6) is 0.893. The van der Waals surface area contributed by atoms with E-state index in [4.69, 9.17) is 4.74 Å². The molecule has 0 unspecified atom stereocenters. The summed E-state index contributed by atoms with van der Waals surface area (Å²) in [5, 5.41) is 18.0. The Morgan fingerprint density at radius 2 is 2.00 bits per heavy atom. The third kappa shape index (κ3) is 3.75. The molecule has 5 rings (SSSR count). The van der Waals surface area contributed by atoms with Crippen LogP contribution < -0.4 is 10.9 Å². The van der Waals surface area contributed by atoms with Crippen molar-refractivity contribution >= 4 is 27.6 Å². The Kier molecular flexibility index (Phi) is 5.08. The molecule has 0 saturated heterocycles. The highest BCUT2D eigenvalue weighted by molar-refractivity contribution is 9.10. The predicted octanol–water partition coefficient (Wildman–Crippen LogP) is 3.79. The van der Waals surface area contributed by atoms with Gasteiger partial charge in [0.15, 0.2) is 5.82 Å². The highest BCUT2D eigenvalue weighted by Crippen LogP contribution is 2.33. The van der Waals surface area contributed by atoms with Crippen LogP contribution in [0.3, 0.4) is 0 Å². The molecule has 3 heterocycles. The first kappa shape index (κ1) is 19.6. The Morgan fingerprint density at radius 1 is 1.16 bits per heavy atom. The molecule has 2 aromatic carbocycles. The second-order valence-electron chi connectivity index (χ2n) is 7.01. The van der Waals surface area contributed by atoms with E-state index in [2.05, 4.69) is 41.6 Å². The van der Waals surface area contributed by atoms with Gasteiger partial charge >= 0.3 is 0 Å². The van der Waals surface area contributed by atoms with Crippen LogP contribution in [-0.4, -0.2) is 31.6 Å². The van der Waals surface area contributed by atoms with E-state index in [0.29, 0.717) is 36.2 Å². The van der Waals surface area contributed by atoms with Crippen LogP contribution in [0.4, 0.5) is 16.0 Å². The summed E-state index contributed by atoms with van der Waals surface area (Å²) in [6.07, 6.45) is 1.54. The van der Waals surface area contributed by atoms with Crippen LogP contribution in [-0.2, 0) is 11.3 Å². The maximum atomic E-state index is 13.4. The van der Waals surface area contributed by atoms with Crippen LogP contribution in [0.5, 0.6) is 0 Å². The highest BCUT2D eigenvalue weighted by atomic mass is 79.9. The summed E-state index contributed by atoms with van der Waals surface area (Å²) in [5.41, 5.74) is 2.57. The lowest BCUT2D eigenvalue weighted by Gasteiger charge is -2.26. The molecule has 1 aliphatic heterocycles. The number of anilines is 2. The minimum absolute atomic E-state index is 0.202. The topological polar surface area (TPSA) is 97.7 Å². The second-order valence-corrected chi connectivity index (χ2v) is 7.87. The minimum atomic E-state index is -0.297. The maximum absolute atomic E-state index is 13.4. The Balaban J connectivity index is 1.53. The summed E-state index contributed by atoms with van der Waals surface area (Å²) < 4.78 is 21.8. The SMILES string of the molecule is O=c1[nH]nccc1-c1ccc(Br)c(Nc2nnc3n2[C@H](c2ccc(F)cc2)COC3)c1. The van der Waals surface area contributed by atoms with Crippen LogP contribution in [0.15, 0.2) is 64.0 Å². The number of benzene rings is 2. The minimum Gasteiger partial charge on any atom is -0.371 e. The number of ether oxygens (including phenoxy) is 1. The van der Waals surface area contributed by atoms with Gasteiger partial charge in [0, 0.05) is 10.7 Å². The monoisotopic (exact) mass is 482 g/mol. The number of nitrogens with one attached hydrogen (secondary N) is 2. The van der Waals surface area contributed by atoms with Gasteiger partial charge in [0.25, 0.3) is 5.56 Å². The molecule has 0 saturated carbocycles. The van der Waals surface area contributed by atoms with Crippen molar-refractivity contribution in [2.24, 2.45) is 0 Å². The number of aromatic nitrogens is 5. The summed E-state index contributed by atoms with van der Waals surface area (Å²) in [4.78, 5) is 12.1. The molecule has 156 valence electrons. The third-order valence-electron chi connectivity index (χ3n) is 5.09. The molecule has 10 heteroatoms. The van der Waals surface area contributed by atoms with Crippen LogP contribution in [0.2, 0.25) is 0 Å². The van der Waals surface area contributed by atoms with Crippen LogP contribution >= 0.6 is 15.9 Å². The lowest BCUT2D eigenvalue weighted by Crippen LogP contribution is -2.25. The van der Waals surface area contributed by atoms with E-state index in [-0.39, 0.29) is 17.4 Å². The summed E-state index contributed by atoms with van der Waals surface area (Å²) in [6, 6.07) is 13.3. The normalized spacial score (nSPS) is 15.5. The molecule has 0 amide bonds. The zero-order valence-corrected chi connectivity index (χ0v) is 17.6. The summed E-state index contributed by atoms with van der Waals surface area (Å²) in [7, 11) is 0. The first-order valence-electron chi connectivity index (χ1n) is 9.48. The molecule has 2 aromatic heterocycles. The average Bonchev–Trinajstić information content (AvgIpc) is 3.19. The second kappa shape index (κ2) is 8.05. The first-order valence-corrected chi connectivity index (χ1v) is 10.3. The van der Waals surface area contributed by atoms with Gasteiger partial charge in [-0.2, -0.15) is 5.10 Å². The Morgan fingerprint density at radius 3 is 2.81 bits per heavy atom. The number of hydrogen-bond donors (Lipinski definition) is 2. The van der Waals surface area contributed by atoms with Gasteiger partial charge in [0.05, 0.1) is 23.9 Å². The summed E-state index contributed by atoms with van der Waals surface area (Å²) in [6.45, 7) is 0.749. The Bertz CT molecular complexity index is 1300. The molecule has 31 heavy (non-hydrogen) atoms. The molecule has 0 radical (unpaired) electrons. The van der Waals surface area contributed by atoms with E-state index in [9.17, 15) is 9.18 Å². The number of nitrogens with zero attached hydrogens (tertiary/aromatic N) is 4. The van der Waals surface area contributed by atoms with Gasteiger partial charge in [-0.3, -0.25) is 9.36 Å². The van der Waals surface area contributed by atoms with E-state index in [1.807, 2.05) is 22.8 Å². The quantitative estimate of drug-likeness (QED) is 0.459. The van der Waals surface area contributed by atoms with E-state index >= 15 is 0 Å².